The summed E-state index contributed by atoms with van der Waals surface area (Å²) in [7, 11) is 0. The molecular formula is C11H12N+. The maximum Gasteiger partial charge on any atom is 0.217 e. The molecule has 0 fully saturated rings. The maximum atomic E-state index is 2.20. The Morgan fingerprint density at radius 1 is 1.33 bits per heavy atom. The van der Waals surface area contributed by atoms with Crippen molar-refractivity contribution in [2.24, 2.45) is 0 Å². The lowest BCUT2D eigenvalue weighted by atomic mass is 10.1. The molecule has 1 aliphatic rings. The molecule has 1 heteroatoms. The third-order valence-electron chi connectivity index (χ3n) is 2.15. The molecule has 0 aliphatic carbocycles. The Bertz CT molecular complexity index is 373. The van der Waals surface area contributed by atoms with E-state index in [1.54, 1.807) is 0 Å². The average molecular weight is 158 g/mol. The van der Waals surface area contributed by atoms with E-state index < -0.39 is 0 Å². The van der Waals surface area contributed by atoms with Crippen LogP contribution in [0.25, 0.3) is 6.08 Å². The highest BCUT2D eigenvalue weighted by atomic mass is 15.0. The van der Waals surface area contributed by atoms with Crippen LogP contribution < -0.4 is 0 Å². The first kappa shape index (κ1) is 7.29. The first-order valence-electron chi connectivity index (χ1n) is 4.18. The zero-order chi connectivity index (χ0) is 8.55. The van der Waals surface area contributed by atoms with Gasteiger partial charge in [-0.25, -0.2) is 0 Å². The molecule has 0 aromatic heterocycles. The summed E-state index contributed by atoms with van der Waals surface area (Å²) in [5.74, 6) is 0. The van der Waals surface area contributed by atoms with Crippen molar-refractivity contribution in [3.8, 4) is 0 Å². The second-order valence-corrected chi connectivity index (χ2v) is 3.04. The van der Waals surface area contributed by atoms with Gasteiger partial charge in [0.1, 0.15) is 6.21 Å². The molecule has 1 aromatic rings. The van der Waals surface area contributed by atoms with Crippen LogP contribution in [0.1, 0.15) is 18.1 Å². The van der Waals surface area contributed by atoms with E-state index in [4.69, 9.17) is 0 Å². The molecule has 1 heterocycles. The van der Waals surface area contributed by atoms with Crippen molar-refractivity contribution in [1.82, 2.24) is 0 Å². The van der Waals surface area contributed by atoms with Gasteiger partial charge in [-0.15, -0.1) is 0 Å². The van der Waals surface area contributed by atoms with E-state index in [2.05, 4.69) is 48.2 Å². The molecule has 0 bridgehead atoms. The second-order valence-electron chi connectivity index (χ2n) is 3.04. The molecule has 0 atom stereocenters. The van der Waals surface area contributed by atoms with Crippen LogP contribution >= 0.6 is 0 Å². The number of nitrogens with zero attached hydrogens (tertiary/aromatic N) is 1. The van der Waals surface area contributed by atoms with Crippen LogP contribution in [0.5, 0.6) is 0 Å². The van der Waals surface area contributed by atoms with Gasteiger partial charge >= 0.3 is 0 Å². The highest BCUT2D eigenvalue weighted by Gasteiger charge is 2.16. The molecule has 0 saturated heterocycles. The molecule has 0 radical (unpaired) electrons. The van der Waals surface area contributed by atoms with Crippen molar-refractivity contribution in [3.05, 3.63) is 35.5 Å². The van der Waals surface area contributed by atoms with Crippen LogP contribution in [0.3, 0.4) is 0 Å². The van der Waals surface area contributed by atoms with Crippen molar-refractivity contribution in [2.45, 2.75) is 13.8 Å². The van der Waals surface area contributed by atoms with Crippen molar-refractivity contribution >= 4 is 18.0 Å². The van der Waals surface area contributed by atoms with Crippen molar-refractivity contribution in [1.29, 1.82) is 0 Å². The Kier molecular flexibility index (Phi) is 1.58. The summed E-state index contributed by atoms with van der Waals surface area (Å²) in [6.45, 7) is 4.16. The zero-order valence-electron chi connectivity index (χ0n) is 7.41. The molecular weight excluding hydrogens is 146 g/mol. The molecule has 12 heavy (non-hydrogen) atoms. The minimum Gasteiger partial charge on any atom is -0.171 e. The van der Waals surface area contributed by atoms with Gasteiger partial charge in [0, 0.05) is 19.1 Å². The molecule has 1 aliphatic heterocycles. The van der Waals surface area contributed by atoms with Crippen LogP contribution in [-0.4, -0.2) is 10.8 Å². The van der Waals surface area contributed by atoms with Crippen molar-refractivity contribution in [2.75, 3.05) is 0 Å². The van der Waals surface area contributed by atoms with Crippen LogP contribution in [-0.2, 0) is 0 Å². The van der Waals surface area contributed by atoms with Gasteiger partial charge in [0.15, 0.2) is 6.20 Å². The van der Waals surface area contributed by atoms with Crippen LogP contribution in [0.15, 0.2) is 24.4 Å². The number of aryl methyl sites for hydroxylation is 1. The molecule has 1 nitrogen and oxygen atoms in total. The van der Waals surface area contributed by atoms with Gasteiger partial charge in [0.05, 0.1) is 5.56 Å². The van der Waals surface area contributed by atoms with E-state index in [0.717, 1.165) is 0 Å². The summed E-state index contributed by atoms with van der Waals surface area (Å²) in [5.41, 5.74) is 3.91. The summed E-state index contributed by atoms with van der Waals surface area (Å²) < 4.78 is 2.13. The maximum absolute atomic E-state index is 2.20. The summed E-state index contributed by atoms with van der Waals surface area (Å²) in [5, 5.41) is 0. The SMILES string of the molecule is CC=[N+]1C=Cc2cc(C)ccc21. The molecule has 0 unspecified atom stereocenters. The Morgan fingerprint density at radius 2 is 2.17 bits per heavy atom. The van der Waals surface area contributed by atoms with Gasteiger partial charge in [-0.2, -0.15) is 4.58 Å². The summed E-state index contributed by atoms with van der Waals surface area (Å²) in [6.07, 6.45) is 6.30. The van der Waals surface area contributed by atoms with Gasteiger partial charge in [0.2, 0.25) is 5.69 Å². The lowest BCUT2D eigenvalue weighted by Crippen LogP contribution is -1.92. The van der Waals surface area contributed by atoms with Gasteiger partial charge < -0.3 is 0 Å². The van der Waals surface area contributed by atoms with E-state index in [1.165, 1.54) is 16.8 Å². The largest absolute Gasteiger partial charge is 0.217 e. The zero-order valence-corrected chi connectivity index (χ0v) is 7.41. The molecule has 2 rings (SSSR count). The van der Waals surface area contributed by atoms with E-state index in [1.807, 2.05) is 6.92 Å². The van der Waals surface area contributed by atoms with E-state index in [0.29, 0.717) is 0 Å². The highest BCUT2D eigenvalue weighted by molar-refractivity contribution is 5.67. The summed E-state index contributed by atoms with van der Waals surface area (Å²) in [4.78, 5) is 0. The number of fused-ring (bicyclic) bond motifs is 1. The normalized spacial score (nSPS) is 17.0. The van der Waals surface area contributed by atoms with E-state index >= 15 is 0 Å². The molecule has 60 valence electrons. The smallest absolute Gasteiger partial charge is 0.171 e. The third-order valence-corrected chi connectivity index (χ3v) is 2.15. The van der Waals surface area contributed by atoms with Crippen molar-refractivity contribution in [3.63, 3.8) is 0 Å². The summed E-state index contributed by atoms with van der Waals surface area (Å²) in [6, 6.07) is 6.50. The fourth-order valence-corrected chi connectivity index (χ4v) is 1.51. The Hall–Kier alpha value is -1.37. The van der Waals surface area contributed by atoms with Crippen LogP contribution in [0, 0.1) is 6.92 Å². The van der Waals surface area contributed by atoms with Crippen LogP contribution in [0.2, 0.25) is 0 Å². The Balaban J connectivity index is 2.61. The van der Waals surface area contributed by atoms with Crippen molar-refractivity contribution < 1.29 is 4.58 Å². The van der Waals surface area contributed by atoms with Gasteiger partial charge in [-0.05, 0) is 13.0 Å². The monoisotopic (exact) mass is 158 g/mol. The molecule has 1 aromatic carbocycles. The summed E-state index contributed by atoms with van der Waals surface area (Å²) >= 11 is 0. The Labute approximate surface area is 72.7 Å². The third kappa shape index (κ3) is 0.981. The Morgan fingerprint density at radius 3 is 2.92 bits per heavy atom. The number of hydrogen-bond donors (Lipinski definition) is 0. The first-order chi connectivity index (χ1) is 5.81. The fourth-order valence-electron chi connectivity index (χ4n) is 1.51. The molecule has 0 amide bonds. The average Bonchev–Trinajstić information content (AvgIpc) is 2.46. The predicted molar refractivity (Wildman–Crippen MR) is 51.9 cm³/mol. The van der Waals surface area contributed by atoms with E-state index in [-0.39, 0.29) is 0 Å². The molecule has 0 spiro atoms. The minimum atomic E-state index is 1.28. The number of hydrogen-bond acceptors (Lipinski definition) is 0. The second kappa shape index (κ2) is 2.59. The van der Waals surface area contributed by atoms with Gasteiger partial charge in [0.25, 0.3) is 0 Å². The first-order valence-corrected chi connectivity index (χ1v) is 4.18. The highest BCUT2D eigenvalue weighted by Crippen LogP contribution is 2.26. The molecule has 0 N–H and O–H groups in total. The van der Waals surface area contributed by atoms with Gasteiger partial charge in [-0.3, -0.25) is 0 Å². The topological polar surface area (TPSA) is 3.01 Å². The lowest BCUT2D eigenvalue weighted by molar-refractivity contribution is -0.349. The lowest BCUT2D eigenvalue weighted by Gasteiger charge is -1.95. The van der Waals surface area contributed by atoms with Crippen LogP contribution in [0.4, 0.5) is 5.69 Å². The minimum absolute atomic E-state index is 1.28. The number of rotatable bonds is 0. The molecule has 0 saturated carbocycles. The standard InChI is InChI=1S/C11H12N/c1-3-12-7-6-10-8-9(2)4-5-11(10)12/h3-8H,1-2H3/q+1. The van der Waals surface area contributed by atoms with Gasteiger partial charge in [-0.1, -0.05) is 11.6 Å². The predicted octanol–water partition coefficient (Wildman–Crippen LogP) is 2.71. The number of benzene rings is 1. The van der Waals surface area contributed by atoms with E-state index in [9.17, 15) is 0 Å². The quantitative estimate of drug-likeness (QED) is 0.511. The fraction of sp³-hybridized carbons (Fsp3) is 0.182.